The van der Waals surface area contributed by atoms with Gasteiger partial charge in [-0.3, -0.25) is 14.4 Å². The van der Waals surface area contributed by atoms with Crippen molar-refractivity contribution in [3.8, 4) is 0 Å². The van der Waals surface area contributed by atoms with E-state index in [0.717, 1.165) is 96.3 Å². The van der Waals surface area contributed by atoms with Gasteiger partial charge in [0.25, 0.3) is 0 Å². The molecule has 0 aromatic rings. The first-order valence-electron chi connectivity index (χ1n) is 34.9. The molecule has 0 amide bonds. The van der Waals surface area contributed by atoms with E-state index >= 15 is 0 Å². The van der Waals surface area contributed by atoms with E-state index in [9.17, 15) is 14.4 Å². The fraction of sp³-hybridized carbons (Fsp3) is 0.797. The molecule has 464 valence electrons. The van der Waals surface area contributed by atoms with Gasteiger partial charge >= 0.3 is 17.9 Å². The molecule has 0 rings (SSSR count). The number of hydrogen-bond donors (Lipinski definition) is 0. The zero-order valence-corrected chi connectivity index (χ0v) is 53.3. The van der Waals surface area contributed by atoms with Crippen molar-refractivity contribution in [3.63, 3.8) is 0 Å². The SMILES string of the molecule is CC/C=C\C/C=C\C/C=C\C/C=C\C/C=C\CCCCCCCCCCCCCCCCCC(=O)OCC(COC(=O)CCCCCCC/C=C\CCCCCCCC)OC(=O)CCCCCCCCCCCCCCCCCC. The van der Waals surface area contributed by atoms with Crippen LogP contribution in [0.5, 0.6) is 0 Å². The van der Waals surface area contributed by atoms with Crippen molar-refractivity contribution in [2.24, 2.45) is 0 Å². The molecular weight excluding hydrogens is 985 g/mol. The van der Waals surface area contributed by atoms with Gasteiger partial charge in [0.2, 0.25) is 0 Å². The lowest BCUT2D eigenvalue weighted by Gasteiger charge is -2.18. The summed E-state index contributed by atoms with van der Waals surface area (Å²) in [5.74, 6) is -0.858. The number of carbonyl (C=O) groups excluding carboxylic acids is 3. The molecule has 0 aromatic carbocycles. The zero-order valence-electron chi connectivity index (χ0n) is 53.3. The molecule has 0 spiro atoms. The summed E-state index contributed by atoms with van der Waals surface area (Å²) in [6.07, 6.45) is 89.3. The largest absolute Gasteiger partial charge is 0.462 e. The maximum atomic E-state index is 12.9. The van der Waals surface area contributed by atoms with E-state index in [1.807, 2.05) is 0 Å². The molecule has 1 atom stereocenters. The molecule has 80 heavy (non-hydrogen) atoms. The van der Waals surface area contributed by atoms with Crippen LogP contribution < -0.4 is 0 Å². The lowest BCUT2D eigenvalue weighted by Crippen LogP contribution is -2.30. The van der Waals surface area contributed by atoms with Crippen LogP contribution in [0.2, 0.25) is 0 Å². The highest BCUT2D eigenvalue weighted by Gasteiger charge is 2.19. The van der Waals surface area contributed by atoms with Crippen LogP contribution in [0.1, 0.15) is 361 Å². The molecule has 0 aliphatic carbocycles. The van der Waals surface area contributed by atoms with Crippen LogP contribution in [0.4, 0.5) is 0 Å². The van der Waals surface area contributed by atoms with Crippen LogP contribution in [0.3, 0.4) is 0 Å². The van der Waals surface area contributed by atoms with Crippen molar-refractivity contribution in [2.75, 3.05) is 13.2 Å². The molecule has 0 aromatic heterocycles. The third-order valence-corrected chi connectivity index (χ3v) is 15.4. The van der Waals surface area contributed by atoms with Crippen molar-refractivity contribution in [3.05, 3.63) is 72.9 Å². The predicted molar refractivity (Wildman–Crippen MR) is 348 cm³/mol. The van der Waals surface area contributed by atoms with E-state index < -0.39 is 6.10 Å². The minimum atomic E-state index is -0.776. The average molecular weight is 1120 g/mol. The summed E-state index contributed by atoms with van der Waals surface area (Å²) in [6.45, 7) is 6.57. The molecule has 0 fully saturated rings. The Hall–Kier alpha value is -3.15. The number of ether oxygens (including phenoxy) is 3. The second kappa shape index (κ2) is 68.3. The second-order valence-corrected chi connectivity index (χ2v) is 23.4. The van der Waals surface area contributed by atoms with Gasteiger partial charge < -0.3 is 14.2 Å². The Morgan fingerprint density at radius 2 is 0.487 bits per heavy atom. The summed E-state index contributed by atoms with van der Waals surface area (Å²) in [4.78, 5) is 38.4. The van der Waals surface area contributed by atoms with Crippen LogP contribution in [0.25, 0.3) is 0 Å². The van der Waals surface area contributed by atoms with Gasteiger partial charge in [0.05, 0.1) is 0 Å². The summed E-state index contributed by atoms with van der Waals surface area (Å²) >= 11 is 0. The fourth-order valence-electron chi connectivity index (χ4n) is 10.2. The monoisotopic (exact) mass is 1120 g/mol. The molecule has 0 N–H and O–H groups in total. The van der Waals surface area contributed by atoms with E-state index in [1.165, 1.54) is 225 Å². The van der Waals surface area contributed by atoms with E-state index in [0.29, 0.717) is 19.3 Å². The first kappa shape index (κ1) is 76.9. The minimum Gasteiger partial charge on any atom is -0.462 e. The van der Waals surface area contributed by atoms with Gasteiger partial charge in [-0.05, 0) is 89.9 Å². The van der Waals surface area contributed by atoms with Gasteiger partial charge in [0.1, 0.15) is 13.2 Å². The van der Waals surface area contributed by atoms with Crippen molar-refractivity contribution < 1.29 is 28.6 Å². The number of hydrogen-bond acceptors (Lipinski definition) is 6. The Labute approximate surface area is 497 Å². The van der Waals surface area contributed by atoms with Gasteiger partial charge in [-0.15, -0.1) is 0 Å². The van der Waals surface area contributed by atoms with Crippen LogP contribution in [0, 0.1) is 0 Å². The maximum absolute atomic E-state index is 12.9. The highest BCUT2D eigenvalue weighted by Crippen LogP contribution is 2.18. The Morgan fingerprint density at radius 3 is 0.775 bits per heavy atom. The van der Waals surface area contributed by atoms with Crippen molar-refractivity contribution in [2.45, 2.75) is 367 Å². The average Bonchev–Trinajstić information content (AvgIpc) is 3.46. The topological polar surface area (TPSA) is 78.9 Å². The normalized spacial score (nSPS) is 12.5. The van der Waals surface area contributed by atoms with Gasteiger partial charge in [-0.2, -0.15) is 0 Å². The number of allylic oxidation sites excluding steroid dienone is 12. The molecular formula is C74H132O6. The molecule has 0 saturated carbocycles. The summed E-state index contributed by atoms with van der Waals surface area (Å²) in [7, 11) is 0. The van der Waals surface area contributed by atoms with Crippen LogP contribution in [-0.2, 0) is 28.6 Å². The van der Waals surface area contributed by atoms with Gasteiger partial charge in [0.15, 0.2) is 6.10 Å². The summed E-state index contributed by atoms with van der Waals surface area (Å²) in [6, 6.07) is 0. The summed E-state index contributed by atoms with van der Waals surface area (Å²) in [5.41, 5.74) is 0. The minimum absolute atomic E-state index is 0.0728. The zero-order chi connectivity index (χ0) is 57.8. The Kier molecular flexibility index (Phi) is 65.7. The number of carbonyl (C=O) groups is 3. The Morgan fingerprint density at radius 1 is 0.263 bits per heavy atom. The number of esters is 3. The summed E-state index contributed by atoms with van der Waals surface area (Å²) < 4.78 is 17.0. The summed E-state index contributed by atoms with van der Waals surface area (Å²) in [5, 5.41) is 0. The molecule has 0 aliphatic rings. The van der Waals surface area contributed by atoms with Gasteiger partial charge in [0, 0.05) is 19.3 Å². The van der Waals surface area contributed by atoms with Crippen LogP contribution in [-0.4, -0.2) is 37.2 Å². The first-order chi connectivity index (χ1) is 39.5. The molecule has 0 radical (unpaired) electrons. The van der Waals surface area contributed by atoms with E-state index in [4.69, 9.17) is 14.2 Å². The molecule has 1 unspecified atom stereocenters. The van der Waals surface area contributed by atoms with Crippen molar-refractivity contribution in [1.82, 2.24) is 0 Å². The molecule has 0 heterocycles. The molecule has 6 heteroatoms. The van der Waals surface area contributed by atoms with Crippen molar-refractivity contribution in [1.29, 1.82) is 0 Å². The highest BCUT2D eigenvalue weighted by atomic mass is 16.6. The third-order valence-electron chi connectivity index (χ3n) is 15.4. The van der Waals surface area contributed by atoms with Crippen LogP contribution in [0.15, 0.2) is 72.9 Å². The Bertz CT molecular complexity index is 1470. The molecule has 6 nitrogen and oxygen atoms in total. The van der Waals surface area contributed by atoms with Gasteiger partial charge in [-0.25, -0.2) is 0 Å². The first-order valence-corrected chi connectivity index (χ1v) is 34.9. The van der Waals surface area contributed by atoms with E-state index in [2.05, 4.69) is 93.7 Å². The highest BCUT2D eigenvalue weighted by molar-refractivity contribution is 5.71. The molecule has 0 aliphatic heterocycles. The molecule has 0 saturated heterocycles. The Balaban J connectivity index is 4.21. The third kappa shape index (κ3) is 65.7. The van der Waals surface area contributed by atoms with Gasteiger partial charge in [-0.1, -0.05) is 325 Å². The quantitative estimate of drug-likeness (QED) is 0.0261. The number of unbranched alkanes of at least 4 members (excludes halogenated alkanes) is 41. The lowest BCUT2D eigenvalue weighted by atomic mass is 10.0. The van der Waals surface area contributed by atoms with Crippen LogP contribution >= 0.6 is 0 Å². The second-order valence-electron chi connectivity index (χ2n) is 23.4. The van der Waals surface area contributed by atoms with E-state index in [-0.39, 0.29) is 31.1 Å². The standard InChI is InChI=1S/C74H132O6/c1-4-7-10-13-16-19-22-25-28-30-31-32-33-34-35-36-37-38-39-40-41-42-43-44-47-49-52-55-58-61-64-67-73(76)79-70-71(69-78-72(75)66-63-60-57-54-51-48-45-27-24-21-18-15-12-9-6-3)80-74(77)68-65-62-59-56-53-50-46-29-26-23-20-17-14-11-8-5-2/h7,10,16,19,25,27-28,31-32,34-35,45,71H,4-6,8-9,11-15,17-18,20-24,26,29-30,33,36-44,46-70H2,1-3H3/b10-7-,19-16-,28-25-,32-31-,35-34-,45-27-. The maximum Gasteiger partial charge on any atom is 0.306 e. The fourth-order valence-corrected chi connectivity index (χ4v) is 10.2. The van der Waals surface area contributed by atoms with Crippen molar-refractivity contribution >= 4 is 17.9 Å². The number of rotatable bonds is 64. The molecule has 0 bridgehead atoms. The smallest absolute Gasteiger partial charge is 0.306 e. The lowest BCUT2D eigenvalue weighted by molar-refractivity contribution is -0.167. The van der Waals surface area contributed by atoms with E-state index in [1.54, 1.807) is 0 Å². The predicted octanol–water partition coefficient (Wildman–Crippen LogP) is 24.1.